The Morgan fingerprint density at radius 3 is 2.18 bits per heavy atom. The minimum Gasteiger partial charge on any atom is -0.507 e. The van der Waals surface area contributed by atoms with Gasteiger partial charge in [-0.05, 0) is 116 Å². The molecule has 144 valence electrons. The Morgan fingerprint density at radius 1 is 0.857 bits per heavy atom. The largest absolute Gasteiger partial charge is 0.507 e. The Balaban J connectivity index is 2.49. The second-order valence-corrected chi connectivity index (χ2v) is 7.90. The molecule has 0 fully saturated rings. The fourth-order valence-electron chi connectivity index (χ4n) is 3.99. The number of benzene rings is 2. The molecule has 0 atom stereocenters. The molecule has 1 N–H and O–H groups in total. The average molecular weight is 373 g/mol. The van der Waals surface area contributed by atoms with E-state index < -0.39 is 0 Å². The summed E-state index contributed by atoms with van der Waals surface area (Å²) in [7, 11) is 0. The van der Waals surface area contributed by atoms with Gasteiger partial charge in [-0.15, -0.1) is 0 Å². The maximum atomic E-state index is 12.3. The van der Waals surface area contributed by atoms with Crippen LogP contribution >= 0.6 is 0 Å². The molecule has 0 unspecified atom stereocenters. The summed E-state index contributed by atoms with van der Waals surface area (Å²) in [5.41, 5.74) is 11.2. The van der Waals surface area contributed by atoms with Crippen molar-refractivity contribution < 1.29 is 9.90 Å². The lowest BCUT2D eigenvalue weighted by atomic mass is 9.79. The molecule has 0 aromatic heterocycles. The molecule has 1 aliphatic carbocycles. The molecule has 0 bridgehead atoms. The number of allylic oxidation sites excluding steroid dienone is 5. The molecule has 2 aromatic rings. The van der Waals surface area contributed by atoms with E-state index in [2.05, 4.69) is 44.2 Å². The van der Waals surface area contributed by atoms with E-state index >= 15 is 0 Å². The summed E-state index contributed by atoms with van der Waals surface area (Å²) in [6, 6.07) is 10.5. The van der Waals surface area contributed by atoms with Gasteiger partial charge in [0, 0.05) is 0 Å². The maximum Gasteiger partial charge on any atom is 0.182 e. The van der Waals surface area contributed by atoms with Gasteiger partial charge >= 0.3 is 0 Å². The first-order chi connectivity index (χ1) is 13.1. The number of aromatic hydroxyl groups is 1. The number of phenolic OH excluding ortho intramolecular Hbond substituents is 1. The Bertz CT molecular complexity index is 1090. The highest BCUT2D eigenvalue weighted by Crippen LogP contribution is 2.41. The van der Waals surface area contributed by atoms with Gasteiger partial charge in [-0.1, -0.05) is 29.8 Å². The Kier molecular flexibility index (Phi) is 5.16. The maximum absolute atomic E-state index is 12.3. The van der Waals surface area contributed by atoms with Gasteiger partial charge in [0.15, 0.2) is 5.78 Å². The summed E-state index contributed by atoms with van der Waals surface area (Å²) in [6.07, 6.45) is 1.74. The summed E-state index contributed by atoms with van der Waals surface area (Å²) in [5.74, 6) is 0.432. The van der Waals surface area contributed by atoms with Crippen LogP contribution in [0.15, 0.2) is 58.7 Å². The molecule has 3 rings (SSSR count). The minimum atomic E-state index is 0.0807. The SMILES string of the molecule is CC1=CC(=O)C(C)=C(C)C1=C(c1cccc(C)c1)c1cc(C)c(O)c(C)c1C. The highest BCUT2D eigenvalue weighted by molar-refractivity contribution is 6.09. The third-order valence-electron chi connectivity index (χ3n) is 5.93. The van der Waals surface area contributed by atoms with Crippen LogP contribution in [0.5, 0.6) is 5.75 Å². The van der Waals surface area contributed by atoms with Crippen molar-refractivity contribution in [1.29, 1.82) is 0 Å². The summed E-state index contributed by atoms with van der Waals surface area (Å²) >= 11 is 0. The van der Waals surface area contributed by atoms with E-state index in [0.717, 1.165) is 55.7 Å². The van der Waals surface area contributed by atoms with Crippen molar-refractivity contribution >= 4 is 11.4 Å². The minimum absolute atomic E-state index is 0.0807. The molecule has 2 nitrogen and oxygen atoms in total. The first-order valence-corrected chi connectivity index (χ1v) is 9.65. The summed E-state index contributed by atoms with van der Waals surface area (Å²) in [6.45, 7) is 14.0. The molecule has 0 radical (unpaired) electrons. The molecular weight excluding hydrogens is 344 g/mol. The van der Waals surface area contributed by atoms with Crippen molar-refractivity contribution in [2.45, 2.75) is 48.5 Å². The smallest absolute Gasteiger partial charge is 0.182 e. The predicted molar refractivity (Wildman–Crippen MR) is 117 cm³/mol. The van der Waals surface area contributed by atoms with Crippen LogP contribution in [0.1, 0.15) is 54.2 Å². The molecular formula is C26H28O2. The highest BCUT2D eigenvalue weighted by atomic mass is 16.3. The lowest BCUT2D eigenvalue weighted by molar-refractivity contribution is -0.111. The fourth-order valence-corrected chi connectivity index (χ4v) is 3.99. The third-order valence-corrected chi connectivity index (χ3v) is 5.93. The standard InChI is InChI=1S/C26H28O2/c1-14-9-8-10-21(11-14)25(22-12-16(3)26(28)20(7)17(22)4)24-15(2)13-23(27)18(5)19(24)6/h8-13,28H,1-7H3. The van der Waals surface area contributed by atoms with E-state index in [9.17, 15) is 9.90 Å². The Labute approximate surface area is 167 Å². The van der Waals surface area contributed by atoms with Crippen molar-refractivity contribution in [3.05, 3.63) is 92.1 Å². The average Bonchev–Trinajstić information content (AvgIpc) is 2.65. The molecule has 2 heteroatoms. The molecule has 2 aromatic carbocycles. The number of carbonyl (C=O) groups excluding carboxylic acids is 1. The zero-order chi connectivity index (χ0) is 20.7. The van der Waals surface area contributed by atoms with E-state index in [1.165, 1.54) is 5.56 Å². The van der Waals surface area contributed by atoms with E-state index in [-0.39, 0.29) is 5.78 Å². The van der Waals surface area contributed by atoms with E-state index in [1.54, 1.807) is 6.08 Å². The number of phenols is 1. The number of aryl methyl sites for hydroxylation is 2. The van der Waals surface area contributed by atoms with Crippen molar-refractivity contribution in [2.75, 3.05) is 0 Å². The molecule has 0 spiro atoms. The molecule has 0 heterocycles. The fraction of sp³-hybridized carbons (Fsp3) is 0.269. The molecule has 0 saturated carbocycles. The second-order valence-electron chi connectivity index (χ2n) is 7.90. The summed E-state index contributed by atoms with van der Waals surface area (Å²) in [5, 5.41) is 10.4. The normalized spacial score (nSPS) is 16.4. The van der Waals surface area contributed by atoms with Crippen LogP contribution in [0, 0.1) is 27.7 Å². The number of carbonyl (C=O) groups is 1. The van der Waals surface area contributed by atoms with Gasteiger partial charge < -0.3 is 5.11 Å². The highest BCUT2D eigenvalue weighted by Gasteiger charge is 2.24. The Morgan fingerprint density at radius 2 is 1.54 bits per heavy atom. The Hall–Kier alpha value is -2.87. The predicted octanol–water partition coefficient (Wildman–Crippen LogP) is 6.29. The molecule has 0 amide bonds. The van der Waals surface area contributed by atoms with E-state index in [0.29, 0.717) is 5.75 Å². The number of ketones is 1. The van der Waals surface area contributed by atoms with Gasteiger partial charge in [-0.25, -0.2) is 0 Å². The monoisotopic (exact) mass is 372 g/mol. The van der Waals surface area contributed by atoms with E-state index in [1.807, 2.05) is 34.6 Å². The molecule has 28 heavy (non-hydrogen) atoms. The second kappa shape index (κ2) is 7.27. The van der Waals surface area contributed by atoms with Crippen LogP contribution in [0.2, 0.25) is 0 Å². The molecule has 1 aliphatic rings. The zero-order valence-electron chi connectivity index (χ0n) is 17.8. The molecule has 0 aliphatic heterocycles. The van der Waals surface area contributed by atoms with Crippen LogP contribution in [0.25, 0.3) is 5.57 Å². The van der Waals surface area contributed by atoms with Crippen LogP contribution in [0.3, 0.4) is 0 Å². The van der Waals surface area contributed by atoms with Crippen LogP contribution in [0.4, 0.5) is 0 Å². The quantitative estimate of drug-likeness (QED) is 0.672. The first-order valence-electron chi connectivity index (χ1n) is 9.65. The number of hydrogen-bond acceptors (Lipinski definition) is 2. The van der Waals surface area contributed by atoms with Gasteiger partial charge in [-0.2, -0.15) is 0 Å². The lowest BCUT2D eigenvalue weighted by Crippen LogP contribution is -2.11. The van der Waals surface area contributed by atoms with Gasteiger partial charge in [0.2, 0.25) is 0 Å². The number of rotatable bonds is 2. The van der Waals surface area contributed by atoms with Crippen molar-refractivity contribution in [1.82, 2.24) is 0 Å². The van der Waals surface area contributed by atoms with Gasteiger partial charge in [0.05, 0.1) is 0 Å². The lowest BCUT2D eigenvalue weighted by Gasteiger charge is -2.25. The van der Waals surface area contributed by atoms with Crippen molar-refractivity contribution in [3.63, 3.8) is 0 Å². The summed E-state index contributed by atoms with van der Waals surface area (Å²) in [4.78, 5) is 12.3. The van der Waals surface area contributed by atoms with Crippen molar-refractivity contribution in [2.24, 2.45) is 0 Å². The van der Waals surface area contributed by atoms with Gasteiger partial charge in [0.1, 0.15) is 5.75 Å². The van der Waals surface area contributed by atoms with Gasteiger partial charge in [-0.3, -0.25) is 4.79 Å². The van der Waals surface area contributed by atoms with Gasteiger partial charge in [0.25, 0.3) is 0 Å². The number of hydrogen-bond donors (Lipinski definition) is 1. The topological polar surface area (TPSA) is 37.3 Å². The zero-order valence-corrected chi connectivity index (χ0v) is 17.8. The van der Waals surface area contributed by atoms with Crippen LogP contribution in [-0.4, -0.2) is 10.9 Å². The molecule has 0 saturated heterocycles. The van der Waals surface area contributed by atoms with Crippen LogP contribution in [-0.2, 0) is 4.79 Å². The van der Waals surface area contributed by atoms with Crippen LogP contribution < -0.4 is 0 Å². The van der Waals surface area contributed by atoms with E-state index in [4.69, 9.17) is 0 Å². The van der Waals surface area contributed by atoms with Crippen molar-refractivity contribution in [3.8, 4) is 5.75 Å². The first kappa shape index (κ1) is 19.9. The summed E-state index contributed by atoms with van der Waals surface area (Å²) < 4.78 is 0. The third kappa shape index (κ3) is 3.24.